The highest BCUT2D eigenvalue weighted by atomic mass is 19.4. The van der Waals surface area contributed by atoms with Crippen molar-refractivity contribution in [2.45, 2.75) is 19.5 Å². The fraction of sp³-hybridized carbons (Fsp3) is 0.294. The zero-order valence-electron chi connectivity index (χ0n) is 14.2. The number of aromatic nitrogens is 2. The first-order valence-corrected chi connectivity index (χ1v) is 8.01. The summed E-state index contributed by atoms with van der Waals surface area (Å²) in [6, 6.07) is 6.65. The van der Waals surface area contributed by atoms with E-state index in [1.54, 1.807) is 19.1 Å². The highest BCUT2D eigenvalue weighted by Crippen LogP contribution is 2.26. The van der Waals surface area contributed by atoms with Crippen molar-refractivity contribution in [1.82, 2.24) is 14.9 Å². The van der Waals surface area contributed by atoms with Crippen molar-refractivity contribution in [1.29, 1.82) is 0 Å². The minimum atomic E-state index is -4.41. The molecule has 10 heteroatoms. The first kappa shape index (κ1) is 18.6. The zero-order valence-corrected chi connectivity index (χ0v) is 14.2. The van der Waals surface area contributed by atoms with Crippen LogP contribution in [0.15, 0.2) is 35.1 Å². The molecule has 1 N–H and O–H groups in total. The Bertz CT molecular complexity index is 938. The van der Waals surface area contributed by atoms with Crippen LogP contribution < -0.4 is 10.5 Å². The van der Waals surface area contributed by atoms with E-state index in [1.807, 2.05) is 0 Å². The summed E-state index contributed by atoms with van der Waals surface area (Å²) >= 11 is 0. The van der Waals surface area contributed by atoms with Gasteiger partial charge in [-0.25, -0.2) is 14.7 Å². The maximum Gasteiger partial charge on any atom is 0.390 e. The molecule has 0 bridgehead atoms. The Morgan fingerprint density at radius 1 is 1.15 bits per heavy atom. The molecule has 27 heavy (non-hydrogen) atoms. The molecule has 0 radical (unpaired) electrons. The summed E-state index contributed by atoms with van der Waals surface area (Å²) in [5.41, 5.74) is 0.950. The molecule has 0 saturated carbocycles. The van der Waals surface area contributed by atoms with Gasteiger partial charge in [0.15, 0.2) is 0 Å². The summed E-state index contributed by atoms with van der Waals surface area (Å²) < 4.78 is 37.0. The van der Waals surface area contributed by atoms with Crippen molar-refractivity contribution in [3.05, 3.63) is 46.5 Å². The number of nitrogens with zero attached hydrogens (tertiary/aromatic N) is 3. The smallest absolute Gasteiger partial charge is 0.314 e. The number of rotatable bonds is 4. The molecule has 1 aromatic heterocycles. The molecule has 7 nitrogen and oxygen atoms in total. The number of carbonyl (C=O) groups is 2. The number of H-pyrrole nitrogens is 1. The molecule has 0 aliphatic carbocycles. The lowest BCUT2D eigenvalue weighted by atomic mass is 10.1. The van der Waals surface area contributed by atoms with Gasteiger partial charge in [-0.2, -0.15) is 13.2 Å². The number of carbonyl (C=O) groups excluding carboxylic acids is 2. The Morgan fingerprint density at radius 2 is 1.81 bits per heavy atom. The fourth-order valence-corrected chi connectivity index (χ4v) is 2.75. The third-order valence-electron chi connectivity index (χ3n) is 3.98. The molecular formula is C17H15F3N4O3. The number of halogens is 3. The second-order valence-electron chi connectivity index (χ2n) is 6.06. The van der Waals surface area contributed by atoms with Crippen LogP contribution in [0.3, 0.4) is 0 Å². The van der Waals surface area contributed by atoms with Gasteiger partial charge < -0.3 is 9.88 Å². The van der Waals surface area contributed by atoms with E-state index in [2.05, 4.69) is 9.97 Å². The quantitative estimate of drug-likeness (QED) is 0.826. The van der Waals surface area contributed by atoms with Gasteiger partial charge in [-0.1, -0.05) is 12.1 Å². The minimum absolute atomic E-state index is 0.241. The largest absolute Gasteiger partial charge is 0.390 e. The highest BCUT2D eigenvalue weighted by molar-refractivity contribution is 6.19. The van der Waals surface area contributed by atoms with Crippen molar-refractivity contribution >= 4 is 17.6 Å². The normalized spacial score (nSPS) is 15.0. The van der Waals surface area contributed by atoms with Crippen LogP contribution >= 0.6 is 0 Å². The number of hydrogen-bond acceptors (Lipinski definition) is 4. The molecular weight excluding hydrogens is 365 g/mol. The Morgan fingerprint density at radius 3 is 2.41 bits per heavy atom. The number of aromatic amines is 1. The minimum Gasteiger partial charge on any atom is -0.314 e. The van der Waals surface area contributed by atoms with E-state index in [-0.39, 0.29) is 11.2 Å². The summed E-state index contributed by atoms with van der Waals surface area (Å²) in [7, 11) is 0. The number of alkyl halides is 3. The Labute approximate surface area is 151 Å². The highest BCUT2D eigenvalue weighted by Gasteiger charge is 2.39. The number of hydrogen-bond donors (Lipinski definition) is 1. The SMILES string of the molecule is Cc1nc(-c2ccc(N3C(=O)CN(CCC(F)(F)F)C3=O)cc2)cc(=O)[nH]1. The van der Waals surface area contributed by atoms with E-state index in [0.717, 1.165) is 9.80 Å². The lowest BCUT2D eigenvalue weighted by Gasteiger charge is -2.18. The van der Waals surface area contributed by atoms with Crippen molar-refractivity contribution < 1.29 is 22.8 Å². The average Bonchev–Trinajstić information content (AvgIpc) is 2.85. The van der Waals surface area contributed by atoms with Gasteiger partial charge in [0.25, 0.3) is 11.5 Å². The number of urea groups is 1. The zero-order chi connectivity index (χ0) is 19.8. The maximum absolute atomic E-state index is 12.3. The van der Waals surface area contributed by atoms with Crippen LogP contribution in [0.4, 0.5) is 23.7 Å². The van der Waals surface area contributed by atoms with Crippen molar-refractivity contribution in [3.63, 3.8) is 0 Å². The molecule has 1 aromatic carbocycles. The Hall–Kier alpha value is -3.17. The van der Waals surface area contributed by atoms with Gasteiger partial charge in [-0.15, -0.1) is 0 Å². The van der Waals surface area contributed by atoms with Crippen molar-refractivity contribution in [3.8, 4) is 11.3 Å². The molecule has 0 spiro atoms. The van der Waals surface area contributed by atoms with Gasteiger partial charge in [0, 0.05) is 18.2 Å². The van der Waals surface area contributed by atoms with Gasteiger partial charge in [0.1, 0.15) is 12.4 Å². The predicted octanol–water partition coefficient (Wildman–Crippen LogP) is 2.47. The summed E-state index contributed by atoms with van der Waals surface area (Å²) in [5.74, 6) is -0.160. The van der Waals surface area contributed by atoms with Gasteiger partial charge in [-0.05, 0) is 19.1 Å². The number of nitrogens with one attached hydrogen (secondary N) is 1. The van der Waals surface area contributed by atoms with Crippen LogP contribution in [-0.2, 0) is 4.79 Å². The Kier molecular flexibility index (Phi) is 4.73. The molecule has 142 valence electrons. The number of anilines is 1. The van der Waals surface area contributed by atoms with Crippen molar-refractivity contribution in [2.75, 3.05) is 18.0 Å². The maximum atomic E-state index is 12.3. The first-order valence-electron chi connectivity index (χ1n) is 8.01. The second-order valence-corrected chi connectivity index (χ2v) is 6.06. The standard InChI is InChI=1S/C17H15F3N4O3/c1-10-21-13(8-14(25)22-10)11-2-4-12(5-3-11)24-15(26)9-23(16(24)27)7-6-17(18,19)20/h2-5,8H,6-7,9H2,1H3,(H,21,22,25). The van der Waals surface area contributed by atoms with Crippen LogP contribution in [0, 0.1) is 6.92 Å². The van der Waals surface area contributed by atoms with Crippen LogP contribution in [0.1, 0.15) is 12.2 Å². The van der Waals surface area contributed by atoms with Gasteiger partial charge >= 0.3 is 12.2 Å². The van der Waals surface area contributed by atoms with E-state index in [0.29, 0.717) is 17.1 Å². The average molecular weight is 380 g/mol. The van der Waals surface area contributed by atoms with Crippen LogP contribution in [-0.4, -0.2) is 46.1 Å². The molecule has 1 aliphatic heterocycles. The number of benzene rings is 1. The van der Waals surface area contributed by atoms with Crippen LogP contribution in [0.2, 0.25) is 0 Å². The monoisotopic (exact) mass is 380 g/mol. The van der Waals surface area contributed by atoms with Gasteiger partial charge in [-0.3, -0.25) is 9.59 Å². The van der Waals surface area contributed by atoms with Crippen LogP contribution in [0.25, 0.3) is 11.3 Å². The molecule has 1 fully saturated rings. The van der Waals surface area contributed by atoms with E-state index in [1.165, 1.54) is 18.2 Å². The predicted molar refractivity (Wildman–Crippen MR) is 90.2 cm³/mol. The first-order chi connectivity index (χ1) is 12.6. The molecule has 1 saturated heterocycles. The summed E-state index contributed by atoms with van der Waals surface area (Å²) in [4.78, 5) is 44.3. The van der Waals surface area contributed by atoms with E-state index >= 15 is 0 Å². The summed E-state index contributed by atoms with van der Waals surface area (Å²) in [6.07, 6.45) is -5.58. The third kappa shape index (κ3) is 4.15. The summed E-state index contributed by atoms with van der Waals surface area (Å²) in [6.45, 7) is 0.667. The van der Waals surface area contributed by atoms with Gasteiger partial charge in [0.05, 0.1) is 17.8 Å². The number of amides is 3. The summed E-state index contributed by atoms with van der Waals surface area (Å²) in [5, 5.41) is 0. The topological polar surface area (TPSA) is 86.4 Å². The molecule has 1 aliphatic rings. The molecule has 2 aromatic rings. The lowest BCUT2D eigenvalue weighted by molar-refractivity contribution is -0.136. The van der Waals surface area contributed by atoms with Crippen molar-refractivity contribution in [2.24, 2.45) is 0 Å². The Balaban J connectivity index is 1.79. The fourth-order valence-electron chi connectivity index (χ4n) is 2.75. The molecule has 0 atom stereocenters. The van der Waals surface area contributed by atoms with E-state index < -0.39 is 37.6 Å². The van der Waals surface area contributed by atoms with Gasteiger partial charge in [0.2, 0.25) is 0 Å². The van der Waals surface area contributed by atoms with Crippen LogP contribution in [0.5, 0.6) is 0 Å². The van der Waals surface area contributed by atoms with E-state index in [4.69, 9.17) is 0 Å². The molecule has 3 rings (SSSR count). The lowest BCUT2D eigenvalue weighted by Crippen LogP contribution is -2.34. The van der Waals surface area contributed by atoms with E-state index in [9.17, 15) is 27.6 Å². The molecule has 3 amide bonds. The third-order valence-corrected chi connectivity index (χ3v) is 3.98. The molecule has 0 unspecified atom stereocenters. The molecule has 2 heterocycles. The second kappa shape index (κ2) is 6.86. The number of aryl methyl sites for hydroxylation is 1. The number of imide groups is 1.